The number of hydrogen-bond acceptors (Lipinski definition) is 6. The second-order valence-electron chi connectivity index (χ2n) is 8.56. The molecule has 6 heteroatoms. The lowest BCUT2D eigenvalue weighted by Gasteiger charge is -2.31. The van der Waals surface area contributed by atoms with Crippen LogP contribution in [0, 0.1) is 11.8 Å². The molecule has 0 fully saturated rings. The van der Waals surface area contributed by atoms with Crippen LogP contribution in [-0.2, 0) is 19.1 Å². The third-order valence-corrected chi connectivity index (χ3v) is 6.19. The van der Waals surface area contributed by atoms with E-state index < -0.39 is 24.1 Å². The summed E-state index contributed by atoms with van der Waals surface area (Å²) in [5.74, 6) is 0.699. The Morgan fingerprint density at radius 3 is 1.50 bits per heavy atom. The van der Waals surface area contributed by atoms with E-state index >= 15 is 0 Å². The minimum atomic E-state index is -1.18. The molecule has 1 heterocycles. The second kappa shape index (κ2) is 14.0. The maximum Gasteiger partial charge on any atom is 0.351 e. The molecule has 6 nitrogen and oxygen atoms in total. The summed E-state index contributed by atoms with van der Waals surface area (Å²) in [6.07, 6.45) is 5.76. The number of ether oxygens (including phenoxy) is 4. The van der Waals surface area contributed by atoms with E-state index in [1.807, 2.05) is 0 Å². The molecular weight excluding hydrogens is 408 g/mol. The first-order chi connectivity index (χ1) is 15.5. The fraction of sp³-hybridized carbons (Fsp3) is 0.692. The second-order valence-corrected chi connectivity index (χ2v) is 8.56. The molecule has 2 rings (SSSR count). The van der Waals surface area contributed by atoms with Crippen LogP contribution >= 0.6 is 0 Å². The molecule has 0 saturated heterocycles. The molecule has 0 saturated carbocycles. The van der Waals surface area contributed by atoms with E-state index in [0.717, 1.165) is 51.4 Å². The number of carbonyl (C=O) groups is 2. The summed E-state index contributed by atoms with van der Waals surface area (Å²) in [5.41, 5.74) is 0. The average molecular weight is 449 g/mol. The zero-order valence-electron chi connectivity index (χ0n) is 20.1. The van der Waals surface area contributed by atoms with Crippen LogP contribution in [0.5, 0.6) is 11.5 Å². The molecule has 1 aromatic rings. The summed E-state index contributed by atoms with van der Waals surface area (Å²) in [6, 6.07) is 7.00. The highest BCUT2D eigenvalue weighted by Crippen LogP contribution is 2.34. The van der Waals surface area contributed by atoms with Gasteiger partial charge in [-0.05, 0) is 36.8 Å². The summed E-state index contributed by atoms with van der Waals surface area (Å²) in [5, 5.41) is 0. The summed E-state index contributed by atoms with van der Waals surface area (Å²) < 4.78 is 22.7. The van der Waals surface area contributed by atoms with Crippen LogP contribution in [0.15, 0.2) is 24.3 Å². The van der Waals surface area contributed by atoms with Gasteiger partial charge in [-0.2, -0.15) is 0 Å². The van der Waals surface area contributed by atoms with Gasteiger partial charge in [-0.1, -0.05) is 78.4 Å². The van der Waals surface area contributed by atoms with Gasteiger partial charge < -0.3 is 18.9 Å². The Labute approximate surface area is 193 Å². The van der Waals surface area contributed by atoms with Crippen molar-refractivity contribution in [2.24, 2.45) is 11.8 Å². The third kappa shape index (κ3) is 7.72. The fourth-order valence-electron chi connectivity index (χ4n) is 4.12. The van der Waals surface area contributed by atoms with Crippen molar-refractivity contribution in [3.8, 4) is 11.5 Å². The molecule has 1 aromatic carbocycles. The Morgan fingerprint density at radius 1 is 0.750 bits per heavy atom. The van der Waals surface area contributed by atoms with Gasteiger partial charge in [-0.3, -0.25) is 0 Å². The van der Waals surface area contributed by atoms with Crippen LogP contribution in [0.3, 0.4) is 0 Å². The average Bonchev–Trinajstić information content (AvgIpc) is 2.81. The van der Waals surface area contributed by atoms with Crippen LogP contribution in [0.1, 0.15) is 79.1 Å². The van der Waals surface area contributed by atoms with Gasteiger partial charge in [-0.25, -0.2) is 9.59 Å². The minimum absolute atomic E-state index is 0.301. The number of esters is 2. The first-order valence-electron chi connectivity index (χ1n) is 12.3. The number of benzene rings is 1. The van der Waals surface area contributed by atoms with Crippen molar-refractivity contribution in [2.45, 2.75) is 91.3 Å². The molecule has 4 atom stereocenters. The molecule has 0 radical (unpaired) electrons. The van der Waals surface area contributed by atoms with Crippen molar-refractivity contribution in [1.29, 1.82) is 0 Å². The summed E-state index contributed by atoms with van der Waals surface area (Å²) in [6.45, 7) is 9.20. The smallest absolute Gasteiger partial charge is 0.351 e. The van der Waals surface area contributed by atoms with Crippen LogP contribution in [0.2, 0.25) is 0 Å². The van der Waals surface area contributed by atoms with E-state index in [1.165, 1.54) is 0 Å². The Hall–Kier alpha value is -2.24. The van der Waals surface area contributed by atoms with Gasteiger partial charge in [0.15, 0.2) is 11.5 Å². The van der Waals surface area contributed by atoms with E-state index in [4.69, 9.17) is 18.9 Å². The maximum absolute atomic E-state index is 12.8. The molecule has 0 amide bonds. The van der Waals surface area contributed by atoms with Gasteiger partial charge in [0.1, 0.15) is 0 Å². The van der Waals surface area contributed by atoms with Crippen LogP contribution in [-0.4, -0.2) is 37.4 Å². The Kier molecular flexibility index (Phi) is 11.4. The Bertz CT molecular complexity index is 644. The number of carbonyl (C=O) groups excluding carboxylic acids is 2. The minimum Gasteiger partial charge on any atom is -0.470 e. The van der Waals surface area contributed by atoms with E-state index in [-0.39, 0.29) is 0 Å². The van der Waals surface area contributed by atoms with Gasteiger partial charge in [-0.15, -0.1) is 0 Å². The van der Waals surface area contributed by atoms with E-state index in [1.54, 1.807) is 24.3 Å². The number of hydrogen-bond donors (Lipinski definition) is 0. The molecule has 0 aromatic heterocycles. The zero-order chi connectivity index (χ0) is 23.3. The quantitative estimate of drug-likeness (QED) is 0.339. The number of fused-ring (bicyclic) bond motifs is 1. The van der Waals surface area contributed by atoms with Crippen molar-refractivity contribution in [3.63, 3.8) is 0 Å². The number of para-hydroxylation sites is 2. The molecular formula is C26H40O6. The Balaban J connectivity index is 2.00. The van der Waals surface area contributed by atoms with Crippen molar-refractivity contribution in [3.05, 3.63) is 24.3 Å². The van der Waals surface area contributed by atoms with Crippen molar-refractivity contribution in [1.82, 2.24) is 0 Å². The highest BCUT2D eigenvalue weighted by Gasteiger charge is 2.44. The molecule has 0 N–H and O–H groups in total. The fourth-order valence-corrected chi connectivity index (χ4v) is 4.12. The molecule has 0 bridgehead atoms. The zero-order valence-corrected chi connectivity index (χ0v) is 20.1. The third-order valence-electron chi connectivity index (χ3n) is 6.19. The molecule has 0 spiro atoms. The number of rotatable bonds is 14. The van der Waals surface area contributed by atoms with Gasteiger partial charge in [0, 0.05) is 0 Å². The normalized spacial score (nSPS) is 19.1. The topological polar surface area (TPSA) is 71.1 Å². The van der Waals surface area contributed by atoms with E-state index in [0.29, 0.717) is 36.5 Å². The lowest BCUT2D eigenvalue weighted by atomic mass is 9.97. The van der Waals surface area contributed by atoms with Gasteiger partial charge >= 0.3 is 11.9 Å². The van der Waals surface area contributed by atoms with Crippen LogP contribution in [0.25, 0.3) is 0 Å². The summed E-state index contributed by atoms with van der Waals surface area (Å²) >= 11 is 0. The first kappa shape index (κ1) is 26.0. The molecule has 4 unspecified atom stereocenters. The predicted molar refractivity (Wildman–Crippen MR) is 124 cm³/mol. The lowest BCUT2D eigenvalue weighted by molar-refractivity contribution is -0.172. The predicted octanol–water partition coefficient (Wildman–Crippen LogP) is 5.71. The Morgan fingerprint density at radius 2 is 1.16 bits per heavy atom. The van der Waals surface area contributed by atoms with Crippen molar-refractivity contribution >= 4 is 11.9 Å². The van der Waals surface area contributed by atoms with Crippen LogP contribution < -0.4 is 9.47 Å². The molecule has 32 heavy (non-hydrogen) atoms. The van der Waals surface area contributed by atoms with E-state index in [9.17, 15) is 9.59 Å². The standard InChI is InChI=1S/C26H40O6/c1-5-11-19(7-3)15-17-29-25(27)23-24(32-22-14-10-9-13-21(22)31-23)26(28)30-18-16-20(8-4)12-6-2/h9-10,13-14,19-20,23-24H,5-8,11-12,15-18H2,1-4H3. The van der Waals surface area contributed by atoms with Gasteiger partial charge in [0.25, 0.3) is 0 Å². The van der Waals surface area contributed by atoms with Crippen molar-refractivity contribution < 1.29 is 28.5 Å². The molecule has 1 aliphatic heterocycles. The highest BCUT2D eigenvalue weighted by atomic mass is 16.6. The molecule has 180 valence electrons. The summed E-state index contributed by atoms with van der Waals surface area (Å²) in [7, 11) is 0. The first-order valence-corrected chi connectivity index (χ1v) is 12.3. The highest BCUT2D eigenvalue weighted by molar-refractivity contribution is 5.87. The van der Waals surface area contributed by atoms with E-state index in [2.05, 4.69) is 27.7 Å². The lowest BCUT2D eigenvalue weighted by Crippen LogP contribution is -2.51. The van der Waals surface area contributed by atoms with Crippen LogP contribution in [0.4, 0.5) is 0 Å². The SMILES string of the molecule is CCCC(CC)CCOC(=O)C1Oc2ccccc2OC1C(=O)OCCC(CC)CCC. The maximum atomic E-state index is 12.8. The monoisotopic (exact) mass is 448 g/mol. The summed E-state index contributed by atoms with van der Waals surface area (Å²) in [4.78, 5) is 25.7. The molecule has 1 aliphatic rings. The van der Waals surface area contributed by atoms with Crippen molar-refractivity contribution in [2.75, 3.05) is 13.2 Å². The largest absolute Gasteiger partial charge is 0.470 e. The molecule has 0 aliphatic carbocycles. The van der Waals surface area contributed by atoms with Gasteiger partial charge in [0.05, 0.1) is 13.2 Å². The van der Waals surface area contributed by atoms with Gasteiger partial charge in [0.2, 0.25) is 12.2 Å².